The second-order valence-corrected chi connectivity index (χ2v) is 12.2. The zero-order chi connectivity index (χ0) is 18.3. The molecule has 8 heteroatoms. The molecule has 0 aliphatic carbocycles. The topological polar surface area (TPSA) is 86.7 Å². The molecular formula is C15H27IO6S. The van der Waals surface area contributed by atoms with E-state index in [0.717, 1.165) is 0 Å². The molecule has 0 amide bonds. The lowest BCUT2D eigenvalue weighted by Crippen LogP contribution is -2.26. The number of carbonyl (C=O) groups is 2. The third-order valence-corrected chi connectivity index (χ3v) is 4.81. The molecular weight excluding hydrogens is 435 g/mol. The van der Waals surface area contributed by atoms with Gasteiger partial charge in [0.05, 0.1) is 31.0 Å². The van der Waals surface area contributed by atoms with Crippen LogP contribution in [-0.2, 0) is 28.9 Å². The first-order valence-electron chi connectivity index (χ1n) is 7.47. The number of alkyl halides is 1. The van der Waals surface area contributed by atoms with Gasteiger partial charge in [0.1, 0.15) is 5.60 Å². The van der Waals surface area contributed by atoms with E-state index in [1.165, 1.54) is 0 Å². The maximum absolute atomic E-state index is 11.8. The summed E-state index contributed by atoms with van der Waals surface area (Å²) in [6.07, 6.45) is 0.292. The van der Waals surface area contributed by atoms with Crippen molar-refractivity contribution >= 4 is 44.4 Å². The Morgan fingerprint density at radius 2 is 1.43 bits per heavy atom. The molecule has 0 radical (unpaired) electrons. The number of rotatable bonds is 9. The van der Waals surface area contributed by atoms with Crippen molar-refractivity contribution in [2.45, 2.75) is 62.9 Å². The van der Waals surface area contributed by atoms with Crippen molar-refractivity contribution in [2.75, 3.05) is 18.1 Å². The molecule has 0 rings (SSSR count). The van der Waals surface area contributed by atoms with Crippen LogP contribution in [0.2, 0.25) is 0 Å². The maximum Gasteiger partial charge on any atom is 0.307 e. The van der Waals surface area contributed by atoms with Gasteiger partial charge in [-0.05, 0) is 27.2 Å². The second kappa shape index (κ2) is 9.19. The first-order valence-corrected chi connectivity index (χ1v) is 10.4. The van der Waals surface area contributed by atoms with Gasteiger partial charge in [0, 0.05) is 3.42 Å². The molecule has 0 N–H and O–H groups in total. The molecule has 0 aromatic carbocycles. The van der Waals surface area contributed by atoms with Crippen LogP contribution >= 0.6 is 22.6 Å². The van der Waals surface area contributed by atoms with Crippen LogP contribution < -0.4 is 0 Å². The van der Waals surface area contributed by atoms with E-state index in [1.54, 1.807) is 20.8 Å². The minimum Gasteiger partial charge on any atom is -0.466 e. The molecule has 0 spiro atoms. The van der Waals surface area contributed by atoms with Crippen molar-refractivity contribution in [3.05, 3.63) is 0 Å². The summed E-state index contributed by atoms with van der Waals surface area (Å²) in [6, 6.07) is 0. The van der Waals surface area contributed by atoms with Gasteiger partial charge in [-0.3, -0.25) is 9.59 Å². The normalized spacial score (nSPS) is 12.8. The summed E-state index contributed by atoms with van der Waals surface area (Å²) in [5, 5.41) is 0. The Morgan fingerprint density at radius 1 is 0.957 bits per heavy atom. The van der Waals surface area contributed by atoms with Crippen LogP contribution in [0.5, 0.6) is 0 Å². The molecule has 6 nitrogen and oxygen atoms in total. The predicted molar refractivity (Wildman–Crippen MR) is 97.4 cm³/mol. The van der Waals surface area contributed by atoms with Crippen LogP contribution in [0.3, 0.4) is 0 Å². The quantitative estimate of drug-likeness (QED) is 0.298. The Balaban J connectivity index is 4.09. The molecule has 23 heavy (non-hydrogen) atoms. The van der Waals surface area contributed by atoms with E-state index in [2.05, 4.69) is 22.6 Å². The Bertz CT molecular complexity index is 499. The lowest BCUT2D eigenvalue weighted by atomic mass is 10.1. The van der Waals surface area contributed by atoms with Crippen molar-refractivity contribution in [2.24, 2.45) is 0 Å². The fourth-order valence-corrected chi connectivity index (χ4v) is 2.83. The van der Waals surface area contributed by atoms with E-state index >= 15 is 0 Å². The first-order chi connectivity index (χ1) is 10.2. The van der Waals surface area contributed by atoms with E-state index in [1.807, 2.05) is 13.8 Å². The van der Waals surface area contributed by atoms with E-state index < -0.39 is 27.4 Å². The molecule has 136 valence electrons. The van der Waals surface area contributed by atoms with Gasteiger partial charge in [0.2, 0.25) is 0 Å². The fourth-order valence-electron chi connectivity index (χ4n) is 1.45. The number of sulfone groups is 1. The number of ether oxygens (including phenoxy) is 2. The van der Waals surface area contributed by atoms with E-state index in [4.69, 9.17) is 9.47 Å². The standard InChI is InChI=1S/C15H27IO6S/c1-14(2,3)22-13(18)7-11-23(19,20)10-6-12(17)21-9-8-15(4,5)16/h6-11H2,1-5H3. The van der Waals surface area contributed by atoms with Gasteiger partial charge in [0.25, 0.3) is 0 Å². The molecule has 0 unspecified atom stereocenters. The first kappa shape index (κ1) is 22.6. The van der Waals surface area contributed by atoms with Crippen molar-refractivity contribution in [1.82, 2.24) is 0 Å². The molecule has 0 bridgehead atoms. The van der Waals surface area contributed by atoms with E-state index in [0.29, 0.717) is 6.42 Å². The lowest BCUT2D eigenvalue weighted by Gasteiger charge is -2.19. The molecule has 0 aliphatic rings. The summed E-state index contributed by atoms with van der Waals surface area (Å²) in [5.41, 5.74) is -0.642. The summed E-state index contributed by atoms with van der Waals surface area (Å²) in [6.45, 7) is 9.45. The minimum absolute atomic E-state index is 0.0253. The average Bonchev–Trinajstić information content (AvgIpc) is 2.31. The van der Waals surface area contributed by atoms with E-state index in [9.17, 15) is 18.0 Å². The Hall–Kier alpha value is -0.380. The molecule has 0 atom stereocenters. The van der Waals surface area contributed by atoms with Gasteiger partial charge >= 0.3 is 11.9 Å². The van der Waals surface area contributed by atoms with Crippen molar-refractivity contribution in [3.63, 3.8) is 0 Å². The molecule has 0 heterocycles. The van der Waals surface area contributed by atoms with Gasteiger partial charge in [-0.25, -0.2) is 8.42 Å². The number of hydrogen-bond donors (Lipinski definition) is 0. The smallest absolute Gasteiger partial charge is 0.307 e. The Kier molecular flexibility index (Phi) is 9.04. The van der Waals surface area contributed by atoms with Crippen LogP contribution in [0.25, 0.3) is 0 Å². The van der Waals surface area contributed by atoms with Gasteiger partial charge in [-0.2, -0.15) is 0 Å². The summed E-state index contributed by atoms with van der Waals surface area (Å²) in [5.74, 6) is -1.74. The number of esters is 2. The lowest BCUT2D eigenvalue weighted by molar-refractivity contribution is -0.154. The largest absolute Gasteiger partial charge is 0.466 e. The van der Waals surface area contributed by atoms with Crippen molar-refractivity contribution < 1.29 is 27.5 Å². The molecule has 0 aliphatic heterocycles. The number of hydrogen-bond acceptors (Lipinski definition) is 6. The van der Waals surface area contributed by atoms with Gasteiger partial charge in [-0.1, -0.05) is 36.4 Å². The second-order valence-electron chi connectivity index (χ2n) is 6.93. The predicted octanol–water partition coefficient (Wildman–Crippen LogP) is 2.67. The van der Waals surface area contributed by atoms with Gasteiger partial charge < -0.3 is 9.47 Å². The highest BCUT2D eigenvalue weighted by atomic mass is 127. The van der Waals surface area contributed by atoms with Crippen LogP contribution in [0.4, 0.5) is 0 Å². The molecule has 0 fully saturated rings. The van der Waals surface area contributed by atoms with Crippen LogP contribution in [-0.4, -0.2) is 47.5 Å². The zero-order valence-electron chi connectivity index (χ0n) is 14.5. The summed E-state index contributed by atoms with van der Waals surface area (Å²) < 4.78 is 33.7. The maximum atomic E-state index is 11.8. The molecule has 0 aromatic heterocycles. The highest BCUT2D eigenvalue weighted by molar-refractivity contribution is 14.1. The number of halogens is 1. The van der Waals surface area contributed by atoms with Gasteiger partial charge in [0.15, 0.2) is 9.84 Å². The van der Waals surface area contributed by atoms with Gasteiger partial charge in [-0.15, -0.1) is 0 Å². The van der Waals surface area contributed by atoms with Crippen LogP contribution in [0, 0.1) is 0 Å². The van der Waals surface area contributed by atoms with Crippen LogP contribution in [0.1, 0.15) is 53.9 Å². The average molecular weight is 462 g/mol. The monoisotopic (exact) mass is 462 g/mol. The zero-order valence-corrected chi connectivity index (χ0v) is 17.5. The molecule has 0 aromatic rings. The van der Waals surface area contributed by atoms with Crippen LogP contribution in [0.15, 0.2) is 0 Å². The van der Waals surface area contributed by atoms with E-state index in [-0.39, 0.29) is 34.4 Å². The summed E-state index contributed by atoms with van der Waals surface area (Å²) in [7, 11) is -3.48. The highest BCUT2D eigenvalue weighted by Gasteiger charge is 2.21. The minimum atomic E-state index is -3.48. The number of carbonyl (C=O) groups excluding carboxylic acids is 2. The van der Waals surface area contributed by atoms with Crippen molar-refractivity contribution in [1.29, 1.82) is 0 Å². The fraction of sp³-hybridized carbons (Fsp3) is 0.867. The third-order valence-electron chi connectivity index (χ3n) is 2.61. The molecule has 0 saturated heterocycles. The SMILES string of the molecule is CC(C)(I)CCOC(=O)CCS(=O)(=O)CCC(=O)OC(C)(C)C. The Labute approximate surface area is 152 Å². The van der Waals surface area contributed by atoms with Crippen molar-refractivity contribution in [3.8, 4) is 0 Å². The summed E-state index contributed by atoms with van der Waals surface area (Å²) in [4.78, 5) is 23.0. The Morgan fingerprint density at radius 3 is 1.87 bits per heavy atom. The third kappa shape index (κ3) is 14.9. The molecule has 0 saturated carbocycles. The highest BCUT2D eigenvalue weighted by Crippen LogP contribution is 2.20. The summed E-state index contributed by atoms with van der Waals surface area (Å²) >= 11 is 2.25.